The molecule has 0 aromatic heterocycles. The maximum atomic E-state index is 13.5. The Hall–Kier alpha value is -2.55. The van der Waals surface area contributed by atoms with Crippen LogP contribution in [0, 0.1) is 22.7 Å². The zero-order valence-electron chi connectivity index (χ0n) is 15.8. The van der Waals surface area contributed by atoms with Crippen molar-refractivity contribution in [1.82, 2.24) is 0 Å². The van der Waals surface area contributed by atoms with Crippen molar-refractivity contribution in [2.24, 2.45) is 22.7 Å². The fourth-order valence-electron chi connectivity index (χ4n) is 5.18. The van der Waals surface area contributed by atoms with E-state index in [-0.39, 0.29) is 17.3 Å². The summed E-state index contributed by atoms with van der Waals surface area (Å²) in [7, 11) is 0. The van der Waals surface area contributed by atoms with Crippen LogP contribution in [0.25, 0.3) is 0 Å². The Morgan fingerprint density at radius 3 is 1.74 bits per heavy atom. The van der Waals surface area contributed by atoms with E-state index in [1.807, 2.05) is 62.4 Å². The average molecular weight is 360 g/mol. The summed E-state index contributed by atoms with van der Waals surface area (Å²) in [6.45, 7) is 3.91. The lowest BCUT2D eigenvalue weighted by Crippen LogP contribution is -2.61. The van der Waals surface area contributed by atoms with E-state index in [2.05, 4.69) is 0 Å². The fraction of sp³-hybridized carbons (Fsp3) is 0.375. The Morgan fingerprint density at radius 2 is 1.26 bits per heavy atom. The standard InChI is InChI=1S/C24H24O3/c1-23-13-14-24(2,18(25)15-23)20(22(27)17-11-7-4-8-12-17)19(23)21(26)16-9-5-3-6-10-16/h3-12,19-20H,13-15H2,1-2H3/t19-,20-,23-,24-/m0/s1. The van der Waals surface area contributed by atoms with Crippen LogP contribution in [0.1, 0.15) is 53.8 Å². The third kappa shape index (κ3) is 2.68. The number of fused-ring (bicyclic) bond motifs is 3. The van der Waals surface area contributed by atoms with E-state index in [0.29, 0.717) is 24.0 Å². The Bertz CT molecular complexity index is 902. The van der Waals surface area contributed by atoms with Gasteiger partial charge in [0.2, 0.25) is 0 Å². The summed E-state index contributed by atoms with van der Waals surface area (Å²) >= 11 is 0. The van der Waals surface area contributed by atoms with Crippen LogP contribution in [0.3, 0.4) is 0 Å². The van der Waals surface area contributed by atoms with Crippen LogP contribution in [0.5, 0.6) is 0 Å². The minimum Gasteiger partial charge on any atom is -0.299 e. The first-order valence-corrected chi connectivity index (χ1v) is 9.59. The number of ketones is 3. The van der Waals surface area contributed by atoms with Gasteiger partial charge in [0, 0.05) is 34.8 Å². The Labute approximate surface area is 159 Å². The van der Waals surface area contributed by atoms with Crippen molar-refractivity contribution < 1.29 is 14.4 Å². The molecule has 138 valence electrons. The number of rotatable bonds is 4. The van der Waals surface area contributed by atoms with Crippen LogP contribution in [-0.2, 0) is 4.79 Å². The van der Waals surface area contributed by atoms with E-state index in [4.69, 9.17) is 0 Å². The van der Waals surface area contributed by atoms with E-state index in [0.717, 1.165) is 6.42 Å². The first-order valence-electron chi connectivity index (χ1n) is 9.59. The van der Waals surface area contributed by atoms with E-state index in [1.54, 1.807) is 12.1 Å². The van der Waals surface area contributed by atoms with Gasteiger partial charge in [0.1, 0.15) is 5.78 Å². The van der Waals surface area contributed by atoms with E-state index in [1.165, 1.54) is 0 Å². The van der Waals surface area contributed by atoms with Gasteiger partial charge in [-0.25, -0.2) is 0 Å². The normalized spacial score (nSPS) is 32.3. The van der Waals surface area contributed by atoms with Gasteiger partial charge in [0.25, 0.3) is 0 Å². The van der Waals surface area contributed by atoms with Gasteiger partial charge in [-0.1, -0.05) is 74.5 Å². The van der Waals surface area contributed by atoms with E-state index >= 15 is 0 Å². The van der Waals surface area contributed by atoms with Crippen molar-refractivity contribution in [2.75, 3.05) is 0 Å². The molecule has 2 bridgehead atoms. The second-order valence-electron chi connectivity index (χ2n) is 8.59. The van der Waals surface area contributed by atoms with Gasteiger partial charge in [0.05, 0.1) is 0 Å². The number of hydrogen-bond acceptors (Lipinski definition) is 3. The van der Waals surface area contributed by atoms with Crippen LogP contribution in [0.4, 0.5) is 0 Å². The highest BCUT2D eigenvalue weighted by atomic mass is 16.1. The molecule has 3 nitrogen and oxygen atoms in total. The number of Topliss-reactive ketones (excluding diaryl/α,β-unsaturated/α-hetero) is 3. The molecule has 2 aromatic rings. The van der Waals surface area contributed by atoms with E-state index < -0.39 is 22.7 Å². The van der Waals surface area contributed by atoms with E-state index in [9.17, 15) is 14.4 Å². The molecular formula is C24H24O3. The summed E-state index contributed by atoms with van der Waals surface area (Å²) in [5.74, 6) is -1.03. The fourth-order valence-corrected chi connectivity index (χ4v) is 5.18. The van der Waals surface area contributed by atoms with Gasteiger partial charge in [-0.05, 0) is 18.3 Å². The molecule has 3 heteroatoms. The van der Waals surface area contributed by atoms with Crippen LogP contribution >= 0.6 is 0 Å². The monoisotopic (exact) mass is 360 g/mol. The Morgan fingerprint density at radius 1 is 0.778 bits per heavy atom. The lowest BCUT2D eigenvalue weighted by atomic mass is 9.43. The molecule has 0 spiro atoms. The summed E-state index contributed by atoms with van der Waals surface area (Å²) in [6, 6.07) is 18.3. The number of carbonyl (C=O) groups excluding carboxylic acids is 3. The quantitative estimate of drug-likeness (QED) is 0.739. The summed E-state index contributed by atoms with van der Waals surface area (Å²) in [5, 5.41) is 0. The minimum atomic E-state index is -0.764. The molecule has 4 atom stereocenters. The lowest BCUT2D eigenvalue weighted by Gasteiger charge is -2.57. The summed E-state index contributed by atoms with van der Waals surface area (Å²) in [5.41, 5.74) is -0.0202. The van der Waals surface area contributed by atoms with Gasteiger partial charge >= 0.3 is 0 Å². The van der Waals surface area contributed by atoms with Gasteiger partial charge in [-0.3, -0.25) is 14.4 Å². The molecule has 3 aliphatic carbocycles. The third-order valence-electron chi connectivity index (χ3n) is 6.87. The highest BCUT2D eigenvalue weighted by Crippen LogP contribution is 2.62. The second kappa shape index (κ2) is 6.26. The number of carbonyl (C=O) groups is 3. The van der Waals surface area contributed by atoms with Crippen LogP contribution in [0.2, 0.25) is 0 Å². The number of benzene rings is 2. The maximum absolute atomic E-state index is 13.5. The minimum absolute atomic E-state index is 0.00851. The SMILES string of the molecule is C[C@]12CC[C@@](C)(C(=O)C1)[C@H](C(=O)c1ccccc1)[C@H]2C(=O)c1ccccc1. The topological polar surface area (TPSA) is 51.2 Å². The zero-order chi connectivity index (χ0) is 19.2. The highest BCUT2D eigenvalue weighted by Gasteiger charge is 2.64. The summed E-state index contributed by atoms with van der Waals surface area (Å²) < 4.78 is 0. The Balaban J connectivity index is 1.84. The first-order chi connectivity index (χ1) is 12.9. The molecule has 3 aliphatic rings. The molecule has 0 N–H and O–H groups in total. The molecule has 3 saturated carbocycles. The molecule has 27 heavy (non-hydrogen) atoms. The van der Waals surface area contributed by atoms with Crippen molar-refractivity contribution in [3.8, 4) is 0 Å². The highest BCUT2D eigenvalue weighted by molar-refractivity contribution is 6.09. The smallest absolute Gasteiger partial charge is 0.167 e. The first kappa shape index (κ1) is 17.8. The average Bonchev–Trinajstić information content (AvgIpc) is 2.69. The Kier molecular flexibility index (Phi) is 4.14. The molecule has 3 fully saturated rings. The van der Waals surface area contributed by atoms with Crippen molar-refractivity contribution in [3.63, 3.8) is 0 Å². The van der Waals surface area contributed by atoms with Crippen molar-refractivity contribution in [3.05, 3.63) is 71.8 Å². The molecule has 0 saturated heterocycles. The molecule has 0 radical (unpaired) electrons. The van der Waals surface area contributed by atoms with Crippen LogP contribution in [-0.4, -0.2) is 17.3 Å². The molecule has 2 aromatic carbocycles. The van der Waals surface area contributed by atoms with Crippen molar-refractivity contribution >= 4 is 17.3 Å². The molecule has 0 aliphatic heterocycles. The molecule has 5 rings (SSSR count). The zero-order valence-corrected chi connectivity index (χ0v) is 15.8. The third-order valence-corrected chi connectivity index (χ3v) is 6.87. The van der Waals surface area contributed by atoms with Gasteiger partial charge < -0.3 is 0 Å². The molecule has 0 unspecified atom stereocenters. The summed E-state index contributed by atoms with van der Waals surface area (Å²) in [4.78, 5) is 40.0. The van der Waals surface area contributed by atoms with Crippen LogP contribution in [0.15, 0.2) is 60.7 Å². The largest absolute Gasteiger partial charge is 0.299 e. The predicted octanol–water partition coefficient (Wildman–Crippen LogP) is 4.76. The lowest BCUT2D eigenvalue weighted by molar-refractivity contribution is -0.151. The van der Waals surface area contributed by atoms with Gasteiger partial charge in [-0.15, -0.1) is 0 Å². The molecular weight excluding hydrogens is 336 g/mol. The number of hydrogen-bond donors (Lipinski definition) is 0. The predicted molar refractivity (Wildman–Crippen MR) is 104 cm³/mol. The van der Waals surface area contributed by atoms with Crippen molar-refractivity contribution in [2.45, 2.75) is 33.1 Å². The second-order valence-corrected chi connectivity index (χ2v) is 8.59. The van der Waals surface area contributed by atoms with Gasteiger partial charge in [-0.2, -0.15) is 0 Å². The molecule has 0 heterocycles. The van der Waals surface area contributed by atoms with Crippen LogP contribution < -0.4 is 0 Å². The molecule has 0 amide bonds. The van der Waals surface area contributed by atoms with Crippen molar-refractivity contribution in [1.29, 1.82) is 0 Å². The summed E-state index contributed by atoms with van der Waals surface area (Å²) in [6.07, 6.45) is 1.85. The van der Waals surface area contributed by atoms with Gasteiger partial charge in [0.15, 0.2) is 11.6 Å². The maximum Gasteiger partial charge on any atom is 0.167 e.